The quantitative estimate of drug-likeness (QED) is 0.927. The lowest BCUT2D eigenvalue weighted by Gasteiger charge is -2.09. The molecule has 0 bridgehead atoms. The molecule has 0 saturated carbocycles. The molecule has 1 aromatic heterocycles. The molecule has 102 valence electrons. The zero-order valence-electron chi connectivity index (χ0n) is 11.3. The molecule has 0 amide bonds. The molecule has 0 spiro atoms. The van der Waals surface area contributed by atoms with Crippen molar-refractivity contribution >= 4 is 0 Å². The maximum Gasteiger partial charge on any atom is 0.152 e. The summed E-state index contributed by atoms with van der Waals surface area (Å²) in [7, 11) is 0. The van der Waals surface area contributed by atoms with Crippen molar-refractivity contribution in [3.05, 3.63) is 46.3 Å². The lowest BCUT2D eigenvalue weighted by molar-refractivity contribution is 0.554. The Morgan fingerprint density at radius 1 is 1.21 bits per heavy atom. The van der Waals surface area contributed by atoms with Crippen molar-refractivity contribution in [2.75, 3.05) is 0 Å². The van der Waals surface area contributed by atoms with E-state index in [9.17, 15) is 8.78 Å². The van der Waals surface area contributed by atoms with Crippen LogP contribution in [0.15, 0.2) is 12.1 Å². The van der Waals surface area contributed by atoms with Crippen LogP contribution in [0.2, 0.25) is 0 Å². The second kappa shape index (κ2) is 5.09. The van der Waals surface area contributed by atoms with Crippen LogP contribution in [0.4, 0.5) is 8.78 Å². The minimum atomic E-state index is -0.645. The van der Waals surface area contributed by atoms with Gasteiger partial charge in [-0.1, -0.05) is 6.92 Å². The van der Waals surface area contributed by atoms with Gasteiger partial charge in [0.2, 0.25) is 0 Å². The molecule has 0 aliphatic heterocycles. The van der Waals surface area contributed by atoms with Gasteiger partial charge in [-0.15, -0.1) is 0 Å². The van der Waals surface area contributed by atoms with Crippen LogP contribution >= 0.6 is 0 Å². The van der Waals surface area contributed by atoms with Crippen LogP contribution in [0.5, 0.6) is 0 Å². The van der Waals surface area contributed by atoms with Crippen LogP contribution in [-0.2, 0) is 13.0 Å². The number of hydrogen-bond acceptors (Lipinski definition) is 2. The summed E-state index contributed by atoms with van der Waals surface area (Å²) in [6.45, 7) is 5.75. The highest BCUT2D eigenvalue weighted by atomic mass is 19.1. The van der Waals surface area contributed by atoms with E-state index in [1.807, 2.05) is 20.8 Å². The van der Waals surface area contributed by atoms with Crippen molar-refractivity contribution in [3.8, 4) is 5.69 Å². The number of nitrogens with two attached hydrogens (primary N) is 1. The van der Waals surface area contributed by atoms with Crippen LogP contribution in [0.25, 0.3) is 5.69 Å². The minimum Gasteiger partial charge on any atom is -0.326 e. The van der Waals surface area contributed by atoms with Gasteiger partial charge in [0.15, 0.2) is 11.6 Å². The van der Waals surface area contributed by atoms with Crippen LogP contribution < -0.4 is 5.73 Å². The van der Waals surface area contributed by atoms with Crippen molar-refractivity contribution in [2.45, 2.75) is 33.7 Å². The topological polar surface area (TPSA) is 43.8 Å². The fourth-order valence-corrected chi connectivity index (χ4v) is 2.34. The maximum atomic E-state index is 14.1. The van der Waals surface area contributed by atoms with Crippen LogP contribution in [-0.4, -0.2) is 9.78 Å². The third-order valence-corrected chi connectivity index (χ3v) is 3.32. The SMILES string of the molecule is CCc1c(C)nn(-c2c(F)cc(CN)cc2F)c1C. The van der Waals surface area contributed by atoms with Crippen molar-refractivity contribution in [3.63, 3.8) is 0 Å². The van der Waals surface area contributed by atoms with Crippen molar-refractivity contribution in [1.82, 2.24) is 9.78 Å². The minimum absolute atomic E-state index is 0.103. The largest absolute Gasteiger partial charge is 0.326 e. The highest BCUT2D eigenvalue weighted by Gasteiger charge is 2.18. The number of aromatic nitrogens is 2. The van der Waals surface area contributed by atoms with E-state index >= 15 is 0 Å². The van der Waals surface area contributed by atoms with Crippen LogP contribution in [0, 0.1) is 25.5 Å². The third kappa shape index (κ3) is 2.26. The lowest BCUT2D eigenvalue weighted by Crippen LogP contribution is -2.08. The van der Waals surface area contributed by atoms with Gasteiger partial charge in [-0.05, 0) is 43.5 Å². The first-order chi connectivity index (χ1) is 8.99. The Morgan fingerprint density at radius 2 is 1.79 bits per heavy atom. The first-order valence-corrected chi connectivity index (χ1v) is 6.23. The second-order valence-electron chi connectivity index (χ2n) is 4.53. The number of halogens is 2. The average molecular weight is 265 g/mol. The number of nitrogens with zero attached hydrogens (tertiary/aromatic N) is 2. The van der Waals surface area contributed by atoms with E-state index in [-0.39, 0.29) is 12.2 Å². The van der Waals surface area contributed by atoms with Gasteiger partial charge in [-0.25, -0.2) is 13.5 Å². The molecular weight excluding hydrogens is 248 g/mol. The van der Waals surface area contributed by atoms with Crippen molar-refractivity contribution in [2.24, 2.45) is 5.73 Å². The van der Waals surface area contributed by atoms with E-state index in [4.69, 9.17) is 5.73 Å². The van der Waals surface area contributed by atoms with Gasteiger partial charge in [-0.3, -0.25) is 0 Å². The predicted molar refractivity (Wildman–Crippen MR) is 70.2 cm³/mol. The van der Waals surface area contributed by atoms with E-state index in [1.54, 1.807) is 0 Å². The number of aryl methyl sites for hydroxylation is 1. The molecule has 0 aliphatic rings. The smallest absolute Gasteiger partial charge is 0.152 e. The molecule has 0 fully saturated rings. The van der Waals surface area contributed by atoms with Crippen molar-refractivity contribution < 1.29 is 8.78 Å². The molecule has 1 heterocycles. The molecule has 0 aliphatic carbocycles. The molecular formula is C14H17F2N3. The van der Waals surface area contributed by atoms with Gasteiger partial charge in [0, 0.05) is 12.2 Å². The summed E-state index contributed by atoms with van der Waals surface area (Å²) < 4.78 is 29.4. The zero-order chi connectivity index (χ0) is 14.2. The Kier molecular flexibility index (Phi) is 3.66. The van der Waals surface area contributed by atoms with Gasteiger partial charge >= 0.3 is 0 Å². The summed E-state index contributed by atoms with van der Waals surface area (Å²) in [6.07, 6.45) is 0.780. The Balaban J connectivity index is 2.66. The van der Waals surface area contributed by atoms with E-state index in [1.165, 1.54) is 16.8 Å². The molecule has 0 unspecified atom stereocenters. The Labute approximate surface area is 111 Å². The second-order valence-corrected chi connectivity index (χ2v) is 4.53. The van der Waals surface area contributed by atoms with E-state index < -0.39 is 11.6 Å². The Hall–Kier alpha value is -1.75. The molecule has 1 aromatic carbocycles. The highest BCUT2D eigenvalue weighted by Crippen LogP contribution is 2.24. The standard InChI is InChI=1S/C14H17F2N3/c1-4-11-8(2)18-19(9(11)3)14-12(15)5-10(7-17)6-13(14)16/h5-6H,4,7,17H2,1-3H3. The third-order valence-electron chi connectivity index (χ3n) is 3.32. The number of benzene rings is 1. The van der Waals surface area contributed by atoms with Gasteiger partial charge in [0.05, 0.1) is 5.69 Å². The highest BCUT2D eigenvalue weighted by molar-refractivity contribution is 5.41. The summed E-state index contributed by atoms with van der Waals surface area (Å²) in [5.41, 5.74) is 8.26. The molecule has 2 N–H and O–H groups in total. The molecule has 5 heteroatoms. The molecule has 19 heavy (non-hydrogen) atoms. The zero-order valence-corrected chi connectivity index (χ0v) is 11.3. The summed E-state index contributed by atoms with van der Waals surface area (Å²) >= 11 is 0. The maximum absolute atomic E-state index is 14.1. The summed E-state index contributed by atoms with van der Waals surface area (Å²) in [4.78, 5) is 0. The molecule has 0 radical (unpaired) electrons. The first kappa shape index (κ1) is 13.7. The fraction of sp³-hybridized carbons (Fsp3) is 0.357. The monoisotopic (exact) mass is 265 g/mol. The Morgan fingerprint density at radius 3 is 2.21 bits per heavy atom. The summed E-state index contributed by atoms with van der Waals surface area (Å²) in [6, 6.07) is 2.50. The normalized spacial score (nSPS) is 11.1. The van der Waals surface area contributed by atoms with Crippen LogP contribution in [0.3, 0.4) is 0 Å². The first-order valence-electron chi connectivity index (χ1n) is 6.23. The van der Waals surface area contributed by atoms with Crippen molar-refractivity contribution in [1.29, 1.82) is 0 Å². The van der Waals surface area contributed by atoms with Crippen LogP contribution in [0.1, 0.15) is 29.4 Å². The molecule has 0 saturated heterocycles. The summed E-state index contributed by atoms with van der Waals surface area (Å²) in [5, 5.41) is 4.23. The number of hydrogen-bond donors (Lipinski definition) is 1. The Bertz CT molecular complexity index is 594. The molecule has 2 rings (SSSR count). The van der Waals surface area contributed by atoms with E-state index in [2.05, 4.69) is 5.10 Å². The molecule has 0 atom stereocenters. The van der Waals surface area contributed by atoms with E-state index in [0.29, 0.717) is 5.56 Å². The number of rotatable bonds is 3. The summed E-state index contributed by atoms with van der Waals surface area (Å²) in [5.74, 6) is -1.29. The van der Waals surface area contributed by atoms with Gasteiger partial charge in [-0.2, -0.15) is 5.10 Å². The average Bonchev–Trinajstić information content (AvgIpc) is 2.63. The molecule has 2 aromatic rings. The lowest BCUT2D eigenvalue weighted by atomic mass is 10.1. The fourth-order valence-electron chi connectivity index (χ4n) is 2.34. The molecule has 3 nitrogen and oxygen atoms in total. The van der Waals surface area contributed by atoms with E-state index in [0.717, 1.165) is 23.4 Å². The van der Waals surface area contributed by atoms with Gasteiger partial charge in [0.25, 0.3) is 0 Å². The predicted octanol–water partition coefficient (Wildman–Crippen LogP) is 2.79. The van der Waals surface area contributed by atoms with Gasteiger partial charge < -0.3 is 5.73 Å². The van der Waals surface area contributed by atoms with Gasteiger partial charge in [0.1, 0.15) is 5.69 Å².